The summed E-state index contributed by atoms with van der Waals surface area (Å²) in [5.74, 6) is 0. The van der Waals surface area contributed by atoms with Gasteiger partial charge < -0.3 is 5.11 Å². The predicted octanol–water partition coefficient (Wildman–Crippen LogP) is -2.12. The molecule has 0 aromatic rings. The van der Waals surface area contributed by atoms with Crippen molar-refractivity contribution < 1.29 is 60.9 Å². The largest absolute Gasteiger partial charge is 1.00 e. The molecule has 0 aliphatic rings. The van der Waals surface area contributed by atoms with Gasteiger partial charge in [-0.3, -0.25) is 4.39 Å². The zero-order valence-corrected chi connectivity index (χ0v) is 9.53. The van der Waals surface area contributed by atoms with Gasteiger partial charge in [0, 0.05) is 0 Å². The first kappa shape index (κ1) is 13.1. The number of rotatable bonds is 3. The van der Waals surface area contributed by atoms with Crippen molar-refractivity contribution in [1.82, 2.24) is 0 Å². The number of alkyl halides is 1. The van der Waals surface area contributed by atoms with E-state index >= 15 is 0 Å². The van der Waals surface area contributed by atoms with Crippen molar-refractivity contribution in [3.63, 3.8) is 0 Å². The van der Waals surface area contributed by atoms with Crippen LogP contribution in [0.2, 0.25) is 0 Å². The second-order valence-electron chi connectivity index (χ2n) is 2.33. The van der Waals surface area contributed by atoms with Gasteiger partial charge in [-0.05, 0) is 0 Å². The Bertz CT molecular complexity index is 66.1. The normalized spacial score (nSPS) is 16.0. The van der Waals surface area contributed by atoms with Crippen LogP contribution in [0.4, 0.5) is 4.39 Å². The minimum atomic E-state index is -1.32. The molecule has 0 aromatic carbocycles. The van der Waals surface area contributed by atoms with Crippen LogP contribution in [0.5, 0.6) is 0 Å². The summed E-state index contributed by atoms with van der Waals surface area (Å²) in [6.07, 6.45) is 1.20. The van der Waals surface area contributed by atoms with Crippen molar-refractivity contribution in [2.75, 3.05) is 6.67 Å². The third-order valence-electron chi connectivity index (χ3n) is 1.06. The Labute approximate surface area is 98.4 Å². The van der Waals surface area contributed by atoms with E-state index in [1.807, 2.05) is 6.92 Å². The van der Waals surface area contributed by atoms with E-state index in [1.54, 1.807) is 0 Å². The van der Waals surface area contributed by atoms with E-state index < -0.39 is 12.3 Å². The summed E-state index contributed by atoms with van der Waals surface area (Å²) in [6, 6.07) is 0. The third kappa shape index (κ3) is 7.42. The van der Waals surface area contributed by atoms with E-state index in [2.05, 4.69) is 0 Å². The topological polar surface area (TPSA) is 23.1 Å². The van der Waals surface area contributed by atoms with Crippen molar-refractivity contribution >= 4 is 0 Å². The molecule has 0 aliphatic carbocycles. The van der Waals surface area contributed by atoms with Crippen LogP contribution in [-0.4, -0.2) is 12.3 Å². The average molecular weight is 158 g/mol. The second-order valence-corrected chi connectivity index (χ2v) is 2.33. The molecule has 9 heavy (non-hydrogen) atoms. The number of hydrogen-bond acceptors (Lipinski definition) is 1. The molecular weight excluding hydrogens is 146 g/mol. The summed E-state index contributed by atoms with van der Waals surface area (Å²) in [6.45, 7) is 2.53. The molecule has 0 rings (SSSR count). The van der Waals surface area contributed by atoms with Crippen molar-refractivity contribution in [3.05, 3.63) is 0 Å². The zero-order chi connectivity index (χ0) is 6.62. The third-order valence-corrected chi connectivity index (χ3v) is 1.06. The van der Waals surface area contributed by atoms with Crippen LogP contribution in [0.15, 0.2) is 0 Å². The van der Waals surface area contributed by atoms with Gasteiger partial charge >= 0.3 is 51.4 Å². The van der Waals surface area contributed by atoms with E-state index in [-0.39, 0.29) is 51.4 Å². The molecule has 0 amide bonds. The molecule has 1 nitrogen and oxygen atoms in total. The van der Waals surface area contributed by atoms with Crippen molar-refractivity contribution in [2.24, 2.45) is 0 Å². The van der Waals surface area contributed by atoms with Crippen LogP contribution >= 0.6 is 0 Å². The van der Waals surface area contributed by atoms with Crippen LogP contribution in [0.3, 0.4) is 0 Å². The van der Waals surface area contributed by atoms with Crippen LogP contribution < -0.4 is 56.5 Å². The molecule has 0 bridgehead atoms. The van der Waals surface area contributed by atoms with Crippen LogP contribution in [0, 0.1) is 0 Å². The molecule has 50 valence electrons. The maximum Gasteiger partial charge on any atom is 1.00 e. The van der Waals surface area contributed by atoms with Crippen LogP contribution in [-0.2, 0) is 0 Å². The number of halogens is 1. The molecule has 0 radical (unpaired) electrons. The molecule has 0 saturated carbocycles. The van der Waals surface area contributed by atoms with Gasteiger partial charge in [0.05, 0.1) is 6.67 Å². The van der Waals surface area contributed by atoms with Gasteiger partial charge in [-0.15, -0.1) is 0 Å². The first-order chi connectivity index (χ1) is 3.62. The van der Waals surface area contributed by atoms with Gasteiger partial charge in [0.2, 0.25) is 0 Å². The average Bonchev–Trinajstić information content (AvgIpc) is 1.67. The standard InChI is InChI=1S/C6H12FO.K/c1-3-4-6(2,8)5-7;/h3-5H2,1-2H3;/q-1;+1. The summed E-state index contributed by atoms with van der Waals surface area (Å²) in [4.78, 5) is 0. The fraction of sp³-hybridized carbons (Fsp3) is 1.00. The molecule has 0 aromatic heterocycles. The summed E-state index contributed by atoms with van der Waals surface area (Å²) in [5, 5.41) is 10.7. The maximum absolute atomic E-state index is 11.6. The Morgan fingerprint density at radius 3 is 2.11 bits per heavy atom. The van der Waals surface area contributed by atoms with E-state index in [9.17, 15) is 9.50 Å². The fourth-order valence-corrected chi connectivity index (χ4v) is 0.596. The molecule has 0 aliphatic heterocycles. The monoisotopic (exact) mass is 158 g/mol. The second kappa shape index (κ2) is 6.25. The summed E-state index contributed by atoms with van der Waals surface area (Å²) in [7, 11) is 0. The number of hydrogen-bond donors (Lipinski definition) is 0. The van der Waals surface area contributed by atoms with E-state index in [4.69, 9.17) is 0 Å². The molecule has 1 atom stereocenters. The van der Waals surface area contributed by atoms with E-state index in [0.717, 1.165) is 6.42 Å². The van der Waals surface area contributed by atoms with Crippen LogP contribution in [0.25, 0.3) is 0 Å². The summed E-state index contributed by atoms with van der Waals surface area (Å²) >= 11 is 0. The Morgan fingerprint density at radius 2 is 2.00 bits per heavy atom. The Kier molecular flexibility index (Phi) is 9.13. The first-order valence-corrected chi connectivity index (χ1v) is 2.89. The van der Waals surface area contributed by atoms with Gasteiger partial charge in [-0.1, -0.05) is 32.3 Å². The Morgan fingerprint density at radius 1 is 1.56 bits per heavy atom. The van der Waals surface area contributed by atoms with E-state index in [0.29, 0.717) is 6.42 Å². The molecule has 0 heterocycles. The molecular formula is C6H12FKO. The molecule has 0 fully saturated rings. The quantitative estimate of drug-likeness (QED) is 0.431. The van der Waals surface area contributed by atoms with Gasteiger partial charge in [-0.2, -0.15) is 0 Å². The maximum atomic E-state index is 11.6. The van der Waals surface area contributed by atoms with Gasteiger partial charge in [0.15, 0.2) is 0 Å². The Balaban J connectivity index is 0. The van der Waals surface area contributed by atoms with Gasteiger partial charge in [-0.25, -0.2) is 0 Å². The van der Waals surface area contributed by atoms with Gasteiger partial charge in [0.1, 0.15) is 0 Å². The minimum Gasteiger partial charge on any atom is -0.848 e. The SMILES string of the molecule is CCCC(C)([O-])CF.[K+]. The van der Waals surface area contributed by atoms with Crippen molar-refractivity contribution in [1.29, 1.82) is 0 Å². The Hall–Kier alpha value is 1.53. The van der Waals surface area contributed by atoms with Crippen molar-refractivity contribution in [3.8, 4) is 0 Å². The van der Waals surface area contributed by atoms with Crippen LogP contribution in [0.1, 0.15) is 26.7 Å². The predicted molar refractivity (Wildman–Crippen MR) is 29.3 cm³/mol. The van der Waals surface area contributed by atoms with Crippen molar-refractivity contribution in [2.45, 2.75) is 32.3 Å². The molecule has 0 N–H and O–H groups in total. The fourth-order valence-electron chi connectivity index (χ4n) is 0.596. The molecule has 1 unspecified atom stereocenters. The van der Waals surface area contributed by atoms with E-state index in [1.165, 1.54) is 6.92 Å². The molecule has 3 heteroatoms. The molecule has 0 saturated heterocycles. The zero-order valence-electron chi connectivity index (χ0n) is 6.41. The van der Waals surface area contributed by atoms with Gasteiger partial charge in [0.25, 0.3) is 0 Å². The molecule has 0 spiro atoms. The first-order valence-electron chi connectivity index (χ1n) is 2.89. The summed E-state index contributed by atoms with van der Waals surface area (Å²) < 4.78 is 11.6. The smallest absolute Gasteiger partial charge is 0.848 e. The summed E-state index contributed by atoms with van der Waals surface area (Å²) in [5.41, 5.74) is -1.32. The minimum absolute atomic E-state index is 0.